The largest absolute Gasteiger partial charge is 0.376 e. The van der Waals surface area contributed by atoms with E-state index in [4.69, 9.17) is 5.73 Å². The molecular weight excluding hydrogens is 562 g/mol. The molecule has 4 amide bonds. The zero-order valence-electron chi connectivity index (χ0n) is 27.7. The molecule has 0 aromatic rings. The fourth-order valence-electron chi connectivity index (χ4n) is 7.70. The van der Waals surface area contributed by atoms with E-state index < -0.39 is 59.4 Å². The zero-order valence-corrected chi connectivity index (χ0v) is 27.7. The topological polar surface area (TPSA) is 171 Å². The summed E-state index contributed by atoms with van der Waals surface area (Å²) < 4.78 is 0. The van der Waals surface area contributed by atoms with Gasteiger partial charge in [-0.15, -0.1) is 0 Å². The molecule has 11 nitrogen and oxygen atoms in total. The number of amides is 4. The van der Waals surface area contributed by atoms with Crippen LogP contribution < -0.4 is 21.7 Å². The monoisotopic (exact) mass is 617 g/mol. The number of carbonyl (C=O) groups excluding carboxylic acids is 5. The fourth-order valence-corrected chi connectivity index (χ4v) is 7.70. The Labute approximate surface area is 262 Å². The number of urea groups is 1. The Morgan fingerprint density at radius 2 is 1.57 bits per heavy atom. The second-order valence-electron chi connectivity index (χ2n) is 15.9. The maximum Gasteiger partial charge on any atom is 0.315 e. The highest BCUT2D eigenvalue weighted by Gasteiger charge is 2.69. The van der Waals surface area contributed by atoms with E-state index in [1.807, 2.05) is 34.6 Å². The van der Waals surface area contributed by atoms with Gasteiger partial charge in [-0.05, 0) is 53.8 Å². The molecule has 44 heavy (non-hydrogen) atoms. The summed E-state index contributed by atoms with van der Waals surface area (Å²) in [5, 5.41) is 20.5. The molecule has 4 fully saturated rings. The average molecular weight is 618 g/mol. The van der Waals surface area contributed by atoms with Crippen molar-refractivity contribution in [2.75, 3.05) is 6.54 Å². The van der Waals surface area contributed by atoms with E-state index in [9.17, 15) is 29.1 Å². The van der Waals surface area contributed by atoms with E-state index in [0.717, 1.165) is 44.9 Å². The first-order chi connectivity index (χ1) is 20.4. The molecule has 7 atom stereocenters. The van der Waals surface area contributed by atoms with Gasteiger partial charge in [-0.1, -0.05) is 80.6 Å². The molecule has 0 radical (unpaired) electrons. The standard InChI is InChI=1S/C33H55N5O6/c1-17(2)23(25(39)19-11-9-8-10-12-19)36-31(44)37-27(32(3,4)5)30(43)38-16-20-22(33(20,6)7)24(38)29(42)35-21(15-18-13-14-18)26(40)28(34)41/h17-24,27,30,43H,8-16H2,1-7H3,(H2,34,41)(H,35,42)(H2,36,37,44)/t20-,21?,22-,23-,24-,27+,30?/m0/s1. The zero-order chi connectivity index (χ0) is 32.7. The molecule has 6 N–H and O–H groups in total. The van der Waals surface area contributed by atoms with Crippen LogP contribution in [0.5, 0.6) is 0 Å². The summed E-state index contributed by atoms with van der Waals surface area (Å²) in [4.78, 5) is 66.8. The maximum atomic E-state index is 13.9. The van der Waals surface area contributed by atoms with Crippen molar-refractivity contribution in [3.05, 3.63) is 0 Å². The van der Waals surface area contributed by atoms with Crippen molar-refractivity contribution >= 4 is 29.4 Å². The van der Waals surface area contributed by atoms with Gasteiger partial charge < -0.3 is 26.8 Å². The number of Topliss-reactive ketones (excluding diaryl/α,β-unsaturated/α-hetero) is 2. The van der Waals surface area contributed by atoms with Crippen molar-refractivity contribution < 1.29 is 29.1 Å². The number of aliphatic hydroxyl groups is 1. The number of rotatable bonds is 13. The number of carbonyl (C=O) groups is 5. The van der Waals surface area contributed by atoms with Gasteiger partial charge in [0, 0.05) is 12.5 Å². The van der Waals surface area contributed by atoms with Crippen molar-refractivity contribution in [1.29, 1.82) is 0 Å². The van der Waals surface area contributed by atoms with Gasteiger partial charge in [-0.3, -0.25) is 24.1 Å². The minimum atomic E-state index is -1.22. The van der Waals surface area contributed by atoms with Gasteiger partial charge in [0.05, 0.1) is 24.2 Å². The number of hydrogen-bond donors (Lipinski definition) is 5. The Balaban J connectivity index is 1.50. The molecule has 1 aliphatic heterocycles. The maximum absolute atomic E-state index is 13.9. The van der Waals surface area contributed by atoms with Gasteiger partial charge in [0.15, 0.2) is 5.78 Å². The molecule has 4 rings (SSSR count). The molecule has 0 spiro atoms. The number of nitrogens with one attached hydrogen (secondary N) is 3. The molecule has 0 aromatic heterocycles. The van der Waals surface area contributed by atoms with Gasteiger partial charge in [0.25, 0.3) is 5.91 Å². The van der Waals surface area contributed by atoms with E-state index in [1.165, 1.54) is 0 Å². The molecule has 1 heterocycles. The lowest BCUT2D eigenvalue weighted by molar-refractivity contribution is -0.141. The summed E-state index contributed by atoms with van der Waals surface area (Å²) in [6, 6.07) is -3.71. The summed E-state index contributed by atoms with van der Waals surface area (Å²) in [7, 11) is 0. The Kier molecular flexibility index (Phi) is 10.2. The van der Waals surface area contributed by atoms with Crippen LogP contribution in [-0.2, 0) is 19.2 Å². The van der Waals surface area contributed by atoms with E-state index in [1.54, 1.807) is 4.90 Å². The van der Waals surface area contributed by atoms with E-state index >= 15 is 0 Å². The number of fused-ring (bicyclic) bond motifs is 1. The van der Waals surface area contributed by atoms with Crippen molar-refractivity contribution in [2.45, 2.75) is 130 Å². The number of ketones is 2. The van der Waals surface area contributed by atoms with Crippen LogP contribution in [0, 0.1) is 40.4 Å². The second-order valence-corrected chi connectivity index (χ2v) is 15.9. The minimum absolute atomic E-state index is 0.0513. The lowest BCUT2D eigenvalue weighted by Gasteiger charge is -2.42. The van der Waals surface area contributed by atoms with Crippen LogP contribution in [0.25, 0.3) is 0 Å². The van der Waals surface area contributed by atoms with Gasteiger partial charge in [-0.25, -0.2) is 4.79 Å². The molecule has 1 saturated heterocycles. The summed E-state index contributed by atoms with van der Waals surface area (Å²) in [6.07, 6.45) is 5.89. The molecular formula is C33H55N5O6. The number of nitrogens with two attached hydrogens (primary N) is 1. The number of primary amides is 1. The highest BCUT2D eigenvalue weighted by atomic mass is 16.3. The third-order valence-electron chi connectivity index (χ3n) is 10.8. The summed E-state index contributed by atoms with van der Waals surface area (Å²) in [5.74, 6) is -2.03. The van der Waals surface area contributed by atoms with Crippen LogP contribution in [-0.4, -0.2) is 76.4 Å². The van der Waals surface area contributed by atoms with Gasteiger partial charge in [-0.2, -0.15) is 0 Å². The first-order valence-corrected chi connectivity index (χ1v) is 16.6. The van der Waals surface area contributed by atoms with Crippen molar-refractivity contribution in [3.8, 4) is 0 Å². The van der Waals surface area contributed by atoms with Gasteiger partial charge in [0.1, 0.15) is 6.23 Å². The normalized spacial score (nSPS) is 27.9. The number of aliphatic hydroxyl groups excluding tert-OH is 1. The predicted molar refractivity (Wildman–Crippen MR) is 166 cm³/mol. The van der Waals surface area contributed by atoms with Crippen LogP contribution >= 0.6 is 0 Å². The molecule has 3 saturated carbocycles. The summed E-state index contributed by atoms with van der Waals surface area (Å²) in [6.45, 7) is 14.2. The van der Waals surface area contributed by atoms with Crippen LogP contribution in [0.2, 0.25) is 0 Å². The smallest absolute Gasteiger partial charge is 0.315 e. The molecule has 3 aliphatic carbocycles. The Morgan fingerprint density at radius 3 is 2.09 bits per heavy atom. The van der Waals surface area contributed by atoms with Crippen molar-refractivity contribution in [1.82, 2.24) is 20.9 Å². The van der Waals surface area contributed by atoms with Crippen LogP contribution in [0.1, 0.15) is 99.8 Å². The molecule has 0 bridgehead atoms. The summed E-state index contributed by atoms with van der Waals surface area (Å²) in [5.41, 5.74) is 4.56. The third-order valence-corrected chi connectivity index (χ3v) is 10.8. The van der Waals surface area contributed by atoms with E-state index in [0.29, 0.717) is 13.0 Å². The predicted octanol–water partition coefficient (Wildman–Crippen LogP) is 2.49. The molecule has 11 heteroatoms. The molecule has 2 unspecified atom stereocenters. The number of nitrogens with zero attached hydrogens (tertiary/aromatic N) is 1. The number of likely N-dealkylation sites (tertiary alicyclic amines) is 1. The first-order valence-electron chi connectivity index (χ1n) is 16.6. The Bertz CT molecular complexity index is 1120. The quantitative estimate of drug-likeness (QED) is 0.198. The van der Waals surface area contributed by atoms with Crippen LogP contribution in [0.3, 0.4) is 0 Å². The SMILES string of the molecule is CC(C)[C@H](NC(=O)N[C@H](C(O)N1C[C@H]2[C@@H]([C@H]1C(=O)NC(CC1CC1)C(=O)C(N)=O)C2(C)C)C(C)(C)C)C(=O)C1CCCCC1. The molecule has 4 aliphatic rings. The lowest BCUT2D eigenvalue weighted by atomic mass is 9.81. The highest BCUT2D eigenvalue weighted by Crippen LogP contribution is 2.65. The van der Waals surface area contributed by atoms with E-state index in [2.05, 4.69) is 29.8 Å². The first kappa shape index (κ1) is 34.3. The number of piperidine rings is 1. The Hall–Kier alpha value is -2.53. The van der Waals surface area contributed by atoms with Gasteiger partial charge in [0.2, 0.25) is 11.7 Å². The molecule has 0 aromatic carbocycles. The Morgan fingerprint density at radius 1 is 0.955 bits per heavy atom. The van der Waals surface area contributed by atoms with Crippen molar-refractivity contribution in [2.24, 2.45) is 46.2 Å². The summed E-state index contributed by atoms with van der Waals surface area (Å²) >= 11 is 0. The van der Waals surface area contributed by atoms with Gasteiger partial charge >= 0.3 is 6.03 Å². The second kappa shape index (κ2) is 13.1. The lowest BCUT2D eigenvalue weighted by Crippen LogP contribution is -2.64. The van der Waals surface area contributed by atoms with Crippen molar-refractivity contribution in [3.63, 3.8) is 0 Å². The molecule has 248 valence electrons. The number of hydrogen-bond acceptors (Lipinski definition) is 7. The highest BCUT2D eigenvalue weighted by molar-refractivity contribution is 6.37. The average Bonchev–Trinajstić information content (AvgIpc) is 3.80. The third kappa shape index (κ3) is 7.46. The van der Waals surface area contributed by atoms with Crippen LogP contribution in [0.15, 0.2) is 0 Å². The van der Waals surface area contributed by atoms with Crippen LogP contribution in [0.4, 0.5) is 4.79 Å². The minimum Gasteiger partial charge on any atom is -0.376 e. The fraction of sp³-hybridized carbons (Fsp3) is 0.848. The van der Waals surface area contributed by atoms with E-state index in [-0.39, 0.29) is 40.8 Å².